The average molecular weight is 405 g/mol. The van der Waals surface area contributed by atoms with Crippen LogP contribution in [0.25, 0.3) is 17.0 Å². The second kappa shape index (κ2) is 7.52. The van der Waals surface area contributed by atoms with E-state index in [9.17, 15) is 9.59 Å². The lowest BCUT2D eigenvalue weighted by molar-refractivity contribution is -0.122. The van der Waals surface area contributed by atoms with E-state index in [1.54, 1.807) is 37.5 Å². The summed E-state index contributed by atoms with van der Waals surface area (Å²) in [4.78, 5) is 27.1. The van der Waals surface area contributed by atoms with E-state index in [0.29, 0.717) is 11.4 Å². The molecule has 6 nitrogen and oxygen atoms in total. The first-order valence-corrected chi connectivity index (χ1v) is 9.57. The Morgan fingerprint density at radius 2 is 1.83 bits per heavy atom. The molecule has 0 unspecified atom stereocenters. The summed E-state index contributed by atoms with van der Waals surface area (Å²) in [5, 5.41) is 3.65. The number of nitrogens with zero attached hydrogens (tertiary/aromatic N) is 2. The van der Waals surface area contributed by atoms with E-state index < -0.39 is 11.8 Å². The monoisotopic (exact) mass is 405 g/mol. The Bertz CT molecular complexity index is 1160. The summed E-state index contributed by atoms with van der Waals surface area (Å²) in [7, 11) is 1.57. The van der Waals surface area contributed by atoms with Gasteiger partial charge in [0.2, 0.25) is 0 Å². The van der Waals surface area contributed by atoms with Gasteiger partial charge in [-0.1, -0.05) is 18.2 Å². The van der Waals surface area contributed by atoms with Crippen molar-refractivity contribution in [3.63, 3.8) is 0 Å². The predicted octanol–water partition coefficient (Wildman–Crippen LogP) is 3.50. The SMILES string of the molecule is CCn1cc(/C=C2/C(=O)NC(=S)N(c3ccc(OC)cc3)C2=O)c2ccccc21. The molecule has 1 N–H and O–H groups in total. The molecule has 0 spiro atoms. The molecule has 7 heteroatoms. The highest BCUT2D eigenvalue weighted by atomic mass is 32.1. The molecule has 0 bridgehead atoms. The van der Waals surface area contributed by atoms with Crippen molar-refractivity contribution in [2.75, 3.05) is 12.0 Å². The van der Waals surface area contributed by atoms with Crippen LogP contribution in [0.3, 0.4) is 0 Å². The van der Waals surface area contributed by atoms with Gasteiger partial charge in [-0.2, -0.15) is 0 Å². The predicted molar refractivity (Wildman–Crippen MR) is 117 cm³/mol. The third-order valence-corrected chi connectivity index (χ3v) is 5.18. The van der Waals surface area contributed by atoms with Crippen LogP contribution in [0.2, 0.25) is 0 Å². The molecule has 1 aliphatic rings. The van der Waals surface area contributed by atoms with E-state index in [2.05, 4.69) is 9.88 Å². The van der Waals surface area contributed by atoms with Gasteiger partial charge in [0.05, 0.1) is 12.8 Å². The number of para-hydroxylation sites is 1. The van der Waals surface area contributed by atoms with Crippen molar-refractivity contribution in [3.8, 4) is 5.75 Å². The molecular formula is C22H19N3O3S. The summed E-state index contributed by atoms with van der Waals surface area (Å²) in [6.07, 6.45) is 3.58. The van der Waals surface area contributed by atoms with Crippen LogP contribution in [0.15, 0.2) is 60.3 Å². The van der Waals surface area contributed by atoms with Gasteiger partial charge in [0.15, 0.2) is 5.11 Å². The van der Waals surface area contributed by atoms with Crippen molar-refractivity contribution in [3.05, 3.63) is 65.9 Å². The van der Waals surface area contributed by atoms with Crippen LogP contribution in [0, 0.1) is 0 Å². The fourth-order valence-corrected chi connectivity index (χ4v) is 3.71. The van der Waals surface area contributed by atoms with Crippen molar-refractivity contribution in [2.24, 2.45) is 0 Å². The minimum Gasteiger partial charge on any atom is -0.497 e. The Hall–Kier alpha value is -3.45. The molecule has 3 aromatic rings. The summed E-state index contributed by atoms with van der Waals surface area (Å²) in [5.74, 6) is -0.299. The maximum absolute atomic E-state index is 13.2. The zero-order chi connectivity index (χ0) is 20.5. The number of benzene rings is 2. The lowest BCUT2D eigenvalue weighted by Gasteiger charge is -2.29. The third kappa shape index (κ3) is 3.30. The van der Waals surface area contributed by atoms with Crippen LogP contribution in [0.4, 0.5) is 5.69 Å². The molecule has 29 heavy (non-hydrogen) atoms. The molecule has 1 aliphatic heterocycles. The minimum absolute atomic E-state index is 0.0356. The Morgan fingerprint density at radius 3 is 2.52 bits per heavy atom. The number of anilines is 1. The maximum Gasteiger partial charge on any atom is 0.270 e. The van der Waals surface area contributed by atoms with Crippen LogP contribution < -0.4 is 15.0 Å². The molecular weight excluding hydrogens is 386 g/mol. The molecule has 1 fully saturated rings. The highest BCUT2D eigenvalue weighted by Gasteiger charge is 2.34. The van der Waals surface area contributed by atoms with E-state index in [1.807, 2.05) is 37.4 Å². The van der Waals surface area contributed by atoms with E-state index in [1.165, 1.54) is 4.90 Å². The van der Waals surface area contributed by atoms with E-state index in [-0.39, 0.29) is 10.7 Å². The molecule has 0 saturated carbocycles. The lowest BCUT2D eigenvalue weighted by atomic mass is 10.1. The normalized spacial score (nSPS) is 15.9. The summed E-state index contributed by atoms with van der Waals surface area (Å²) >= 11 is 5.25. The first-order chi connectivity index (χ1) is 14.0. The summed E-state index contributed by atoms with van der Waals surface area (Å²) in [6, 6.07) is 14.8. The van der Waals surface area contributed by atoms with E-state index in [4.69, 9.17) is 17.0 Å². The van der Waals surface area contributed by atoms with Crippen LogP contribution >= 0.6 is 12.2 Å². The van der Waals surface area contributed by atoms with Crippen molar-refractivity contribution in [1.82, 2.24) is 9.88 Å². The standard InChI is InChI=1S/C22H19N3O3S/c1-3-24-13-14(17-6-4-5-7-19(17)24)12-18-20(26)23-22(29)25(21(18)27)15-8-10-16(28-2)11-9-15/h4-13H,3H2,1-2H3,(H,23,26,29)/b18-12-. The number of thiocarbonyl (C=S) groups is 1. The second-order valence-corrected chi connectivity index (χ2v) is 6.93. The molecule has 1 aromatic heterocycles. The number of carbonyl (C=O) groups is 2. The number of aryl methyl sites for hydroxylation is 1. The molecule has 2 amide bonds. The Labute approximate surface area is 173 Å². The first-order valence-electron chi connectivity index (χ1n) is 9.17. The fraction of sp³-hybridized carbons (Fsp3) is 0.136. The Morgan fingerprint density at radius 1 is 1.10 bits per heavy atom. The number of hydrogen-bond donors (Lipinski definition) is 1. The van der Waals surface area contributed by atoms with Gasteiger partial charge < -0.3 is 9.30 Å². The van der Waals surface area contributed by atoms with E-state index >= 15 is 0 Å². The zero-order valence-electron chi connectivity index (χ0n) is 16.0. The van der Waals surface area contributed by atoms with Crippen LogP contribution in [0.5, 0.6) is 5.75 Å². The molecule has 0 atom stereocenters. The molecule has 1 saturated heterocycles. The topological polar surface area (TPSA) is 63.6 Å². The molecule has 4 rings (SSSR count). The van der Waals surface area contributed by atoms with Gasteiger partial charge in [0.25, 0.3) is 11.8 Å². The number of aromatic nitrogens is 1. The van der Waals surface area contributed by atoms with Gasteiger partial charge in [0.1, 0.15) is 11.3 Å². The van der Waals surface area contributed by atoms with E-state index in [0.717, 1.165) is 23.0 Å². The quantitative estimate of drug-likeness (QED) is 0.410. The fourth-order valence-electron chi connectivity index (χ4n) is 3.43. The molecule has 2 aromatic carbocycles. The van der Waals surface area contributed by atoms with Crippen molar-refractivity contribution in [1.29, 1.82) is 0 Å². The summed E-state index contributed by atoms with van der Waals surface area (Å²) in [6.45, 7) is 2.83. The number of nitrogens with one attached hydrogen (secondary N) is 1. The van der Waals surface area contributed by atoms with Gasteiger partial charge in [-0.3, -0.25) is 19.8 Å². The molecule has 0 radical (unpaired) electrons. The number of methoxy groups -OCH3 is 1. The average Bonchev–Trinajstić information content (AvgIpc) is 3.09. The van der Waals surface area contributed by atoms with Crippen molar-refractivity contribution in [2.45, 2.75) is 13.5 Å². The van der Waals surface area contributed by atoms with Crippen LogP contribution in [-0.4, -0.2) is 28.6 Å². The number of hydrogen-bond acceptors (Lipinski definition) is 4. The number of amides is 2. The van der Waals surface area contributed by atoms with Gasteiger partial charge in [-0.15, -0.1) is 0 Å². The van der Waals surface area contributed by atoms with Gasteiger partial charge in [-0.05, 0) is 55.5 Å². The smallest absolute Gasteiger partial charge is 0.270 e. The van der Waals surface area contributed by atoms with Crippen LogP contribution in [0.1, 0.15) is 12.5 Å². The van der Waals surface area contributed by atoms with Crippen molar-refractivity contribution < 1.29 is 14.3 Å². The zero-order valence-corrected chi connectivity index (χ0v) is 16.8. The Balaban J connectivity index is 1.78. The lowest BCUT2D eigenvalue weighted by Crippen LogP contribution is -2.54. The number of rotatable bonds is 4. The first kappa shape index (κ1) is 18.9. The third-order valence-electron chi connectivity index (χ3n) is 4.89. The highest BCUT2D eigenvalue weighted by Crippen LogP contribution is 2.27. The van der Waals surface area contributed by atoms with Crippen LogP contribution in [-0.2, 0) is 16.1 Å². The van der Waals surface area contributed by atoms with Crippen molar-refractivity contribution >= 4 is 51.8 Å². The number of carbonyl (C=O) groups excluding carboxylic acids is 2. The van der Waals surface area contributed by atoms with Gasteiger partial charge in [-0.25, -0.2) is 0 Å². The highest BCUT2D eigenvalue weighted by molar-refractivity contribution is 7.80. The Kier molecular flexibility index (Phi) is 4.90. The van der Waals surface area contributed by atoms with Gasteiger partial charge >= 0.3 is 0 Å². The number of ether oxygens (including phenoxy) is 1. The molecule has 146 valence electrons. The second-order valence-electron chi connectivity index (χ2n) is 6.54. The summed E-state index contributed by atoms with van der Waals surface area (Å²) in [5.41, 5.74) is 2.45. The number of fused-ring (bicyclic) bond motifs is 1. The summed E-state index contributed by atoms with van der Waals surface area (Å²) < 4.78 is 7.24. The minimum atomic E-state index is -0.502. The molecule has 2 heterocycles. The van der Waals surface area contributed by atoms with Gasteiger partial charge in [0, 0.05) is 29.2 Å². The maximum atomic E-state index is 13.2. The largest absolute Gasteiger partial charge is 0.497 e. The molecule has 0 aliphatic carbocycles.